The molecule has 2 N–H and O–H groups in total. The molecule has 1 amide bonds. The number of aliphatic hydroxyl groups excluding tert-OH is 1. The van der Waals surface area contributed by atoms with Gasteiger partial charge in [-0.05, 0) is 105 Å². The molecule has 2 fully saturated rings. The Kier molecular flexibility index (Phi) is 9.60. The average molecular weight is 637 g/mol. The zero-order chi connectivity index (χ0) is 32.4. The van der Waals surface area contributed by atoms with Crippen molar-refractivity contribution in [3.63, 3.8) is 0 Å². The van der Waals surface area contributed by atoms with E-state index in [1.165, 1.54) is 12.1 Å². The Balaban J connectivity index is 1.33. The van der Waals surface area contributed by atoms with Gasteiger partial charge in [-0.15, -0.1) is 0 Å². The molecule has 242 valence electrons. The molecule has 4 nitrogen and oxygen atoms in total. The molecule has 3 aromatic rings. The minimum absolute atomic E-state index is 0.00500. The lowest BCUT2D eigenvalue weighted by Gasteiger charge is -2.46. The van der Waals surface area contributed by atoms with E-state index in [2.05, 4.69) is 10.2 Å². The lowest BCUT2D eigenvalue weighted by atomic mass is 9.73. The summed E-state index contributed by atoms with van der Waals surface area (Å²) in [5.41, 5.74) is -2.66. The monoisotopic (exact) mass is 636 g/mol. The van der Waals surface area contributed by atoms with Gasteiger partial charge in [0.1, 0.15) is 5.82 Å². The van der Waals surface area contributed by atoms with Crippen LogP contribution in [-0.4, -0.2) is 41.7 Å². The number of amides is 1. The predicted molar refractivity (Wildman–Crippen MR) is 155 cm³/mol. The second kappa shape index (κ2) is 13.1. The van der Waals surface area contributed by atoms with Crippen molar-refractivity contribution in [3.8, 4) is 0 Å². The van der Waals surface area contributed by atoms with Crippen LogP contribution in [0.1, 0.15) is 78.2 Å². The Morgan fingerprint density at radius 2 is 1.40 bits per heavy atom. The van der Waals surface area contributed by atoms with E-state index in [0.29, 0.717) is 43.7 Å². The fraction of sp³-hybridized carbons (Fsp3) is 0.441. The summed E-state index contributed by atoms with van der Waals surface area (Å²) < 4.78 is 94.5. The number of aliphatic hydroxyl groups is 1. The Hall–Kier alpha value is -3.44. The molecule has 1 saturated heterocycles. The first-order chi connectivity index (χ1) is 21.3. The van der Waals surface area contributed by atoms with Crippen LogP contribution in [0.4, 0.5) is 30.7 Å². The molecule has 1 unspecified atom stereocenters. The zero-order valence-corrected chi connectivity index (χ0v) is 24.5. The number of carbonyl (C=O) groups is 1. The number of nitrogens with one attached hydrogen (secondary N) is 1. The van der Waals surface area contributed by atoms with Crippen molar-refractivity contribution in [1.29, 1.82) is 0 Å². The molecule has 11 heteroatoms. The first-order valence-corrected chi connectivity index (χ1v) is 15.1. The largest absolute Gasteiger partial charge is 0.416 e. The molecule has 0 spiro atoms. The SMILES string of the molecule is O=C(NC1(c2ccccc2)CCC(N2CCC(c3ccc(F)cc3)CC2)CC1)C(CO)c1cc(C(F)(F)F)cc(C(F)(F)F)c1. The molecular weight excluding hydrogens is 601 g/mol. The van der Waals surface area contributed by atoms with E-state index in [1.54, 1.807) is 0 Å². The van der Waals surface area contributed by atoms with Crippen molar-refractivity contribution in [3.05, 3.63) is 106 Å². The molecule has 2 aliphatic rings. The highest BCUT2D eigenvalue weighted by atomic mass is 19.4. The van der Waals surface area contributed by atoms with Crippen LogP contribution in [0.2, 0.25) is 0 Å². The molecule has 0 radical (unpaired) electrons. The molecule has 5 rings (SSSR count). The van der Waals surface area contributed by atoms with Crippen molar-refractivity contribution >= 4 is 5.91 Å². The van der Waals surface area contributed by atoms with Crippen LogP contribution in [0.15, 0.2) is 72.8 Å². The van der Waals surface area contributed by atoms with Crippen LogP contribution in [-0.2, 0) is 22.7 Å². The van der Waals surface area contributed by atoms with Crippen LogP contribution in [0.3, 0.4) is 0 Å². The summed E-state index contributed by atoms with van der Waals surface area (Å²) in [6.45, 7) is 0.753. The summed E-state index contributed by atoms with van der Waals surface area (Å²) in [7, 11) is 0. The van der Waals surface area contributed by atoms with Crippen molar-refractivity contribution in [2.75, 3.05) is 19.7 Å². The second-order valence-electron chi connectivity index (χ2n) is 12.1. The third kappa shape index (κ3) is 7.52. The molecule has 0 bridgehead atoms. The molecule has 1 atom stereocenters. The molecular formula is C34H35F7N2O2. The number of hydrogen-bond donors (Lipinski definition) is 2. The predicted octanol–water partition coefficient (Wildman–Crippen LogP) is 7.77. The first kappa shape index (κ1) is 32.9. The maximum absolute atomic E-state index is 13.7. The van der Waals surface area contributed by atoms with Gasteiger partial charge in [0.15, 0.2) is 0 Å². The van der Waals surface area contributed by atoms with Gasteiger partial charge in [-0.2, -0.15) is 26.3 Å². The summed E-state index contributed by atoms with van der Waals surface area (Å²) in [6.07, 6.45) is -5.88. The van der Waals surface area contributed by atoms with Crippen LogP contribution < -0.4 is 5.32 Å². The number of likely N-dealkylation sites (tertiary alicyclic amines) is 1. The van der Waals surface area contributed by atoms with Crippen molar-refractivity contribution in [2.45, 2.75) is 74.3 Å². The Labute approximate surface area is 257 Å². The number of benzene rings is 3. The lowest BCUT2D eigenvalue weighted by molar-refractivity contribution is -0.143. The number of nitrogens with zero attached hydrogens (tertiary/aromatic N) is 1. The smallest absolute Gasteiger partial charge is 0.395 e. The highest BCUT2D eigenvalue weighted by Gasteiger charge is 2.43. The van der Waals surface area contributed by atoms with Crippen molar-refractivity contribution in [2.24, 2.45) is 0 Å². The summed E-state index contributed by atoms with van der Waals surface area (Å²) in [6, 6.07) is 17.0. The lowest BCUT2D eigenvalue weighted by Crippen LogP contribution is -2.53. The summed E-state index contributed by atoms with van der Waals surface area (Å²) in [4.78, 5) is 16.1. The summed E-state index contributed by atoms with van der Waals surface area (Å²) in [5.74, 6) is -2.40. The van der Waals surface area contributed by atoms with Crippen LogP contribution >= 0.6 is 0 Å². The van der Waals surface area contributed by atoms with Gasteiger partial charge in [-0.25, -0.2) is 4.39 Å². The van der Waals surface area contributed by atoms with Gasteiger partial charge in [0.25, 0.3) is 0 Å². The normalized spacial score (nSPS) is 22.6. The van der Waals surface area contributed by atoms with E-state index >= 15 is 0 Å². The fourth-order valence-electron chi connectivity index (χ4n) is 6.88. The van der Waals surface area contributed by atoms with Gasteiger partial charge in [-0.3, -0.25) is 4.79 Å². The summed E-state index contributed by atoms with van der Waals surface area (Å²) in [5, 5.41) is 13.1. The number of halogens is 7. The Morgan fingerprint density at radius 3 is 1.91 bits per heavy atom. The standard InChI is InChI=1S/C34H35F7N2O2/c35-28-8-6-22(7-9-28)23-12-16-43(17-13-23)29-10-14-32(15-11-29,25-4-2-1-3-5-25)42-31(45)30(21-44)24-18-26(33(36,37)38)20-27(19-24)34(39,40)41/h1-9,18-20,23,29-30,44H,10-17,21H2,(H,42,45). The van der Waals surface area contributed by atoms with E-state index in [4.69, 9.17) is 0 Å². The van der Waals surface area contributed by atoms with E-state index in [-0.39, 0.29) is 17.9 Å². The minimum Gasteiger partial charge on any atom is -0.395 e. The van der Waals surface area contributed by atoms with Gasteiger partial charge in [0.05, 0.1) is 29.2 Å². The number of hydrogen-bond acceptors (Lipinski definition) is 3. The van der Waals surface area contributed by atoms with Crippen molar-refractivity contribution in [1.82, 2.24) is 10.2 Å². The molecule has 1 heterocycles. The van der Waals surface area contributed by atoms with Gasteiger partial charge in [0, 0.05) is 6.04 Å². The first-order valence-electron chi connectivity index (χ1n) is 15.1. The number of piperidine rings is 1. The van der Waals surface area contributed by atoms with Gasteiger partial charge in [-0.1, -0.05) is 42.5 Å². The van der Waals surface area contributed by atoms with Gasteiger partial charge in [0.2, 0.25) is 5.91 Å². The fourth-order valence-corrected chi connectivity index (χ4v) is 6.88. The van der Waals surface area contributed by atoms with Crippen LogP contribution in [0.25, 0.3) is 0 Å². The van der Waals surface area contributed by atoms with E-state index in [0.717, 1.165) is 37.1 Å². The highest BCUT2D eigenvalue weighted by Crippen LogP contribution is 2.42. The number of rotatable bonds is 7. The van der Waals surface area contributed by atoms with Gasteiger partial charge >= 0.3 is 12.4 Å². The molecule has 3 aromatic carbocycles. The summed E-state index contributed by atoms with van der Waals surface area (Å²) >= 11 is 0. The highest BCUT2D eigenvalue weighted by molar-refractivity contribution is 5.85. The van der Waals surface area contributed by atoms with Gasteiger partial charge < -0.3 is 15.3 Å². The maximum Gasteiger partial charge on any atom is 0.416 e. The topological polar surface area (TPSA) is 52.6 Å². The molecule has 45 heavy (non-hydrogen) atoms. The number of carbonyl (C=O) groups excluding carboxylic acids is 1. The van der Waals surface area contributed by atoms with Crippen LogP contribution in [0, 0.1) is 5.82 Å². The van der Waals surface area contributed by atoms with Crippen molar-refractivity contribution < 1.29 is 40.6 Å². The molecule has 1 aliphatic heterocycles. The minimum atomic E-state index is -5.08. The third-order valence-electron chi connectivity index (χ3n) is 9.40. The Morgan fingerprint density at radius 1 is 0.844 bits per heavy atom. The quantitative estimate of drug-likeness (QED) is 0.261. The molecule has 0 aromatic heterocycles. The van der Waals surface area contributed by atoms with E-state index in [9.17, 15) is 40.6 Å². The third-order valence-corrected chi connectivity index (χ3v) is 9.40. The number of alkyl halides is 6. The zero-order valence-electron chi connectivity index (χ0n) is 24.5. The Bertz CT molecular complexity index is 1410. The maximum atomic E-state index is 13.7. The van der Waals surface area contributed by atoms with E-state index in [1.807, 2.05) is 42.5 Å². The second-order valence-corrected chi connectivity index (χ2v) is 12.1. The average Bonchev–Trinajstić information content (AvgIpc) is 3.02. The van der Waals surface area contributed by atoms with Crippen LogP contribution in [0.5, 0.6) is 0 Å². The molecule has 1 saturated carbocycles. The van der Waals surface area contributed by atoms with E-state index < -0.39 is 53.0 Å². The molecule has 1 aliphatic carbocycles.